The fourth-order valence-corrected chi connectivity index (χ4v) is 3.19. The van der Waals surface area contributed by atoms with Crippen LogP contribution in [0.1, 0.15) is 12.5 Å². The highest BCUT2D eigenvalue weighted by molar-refractivity contribution is 7.20. The van der Waals surface area contributed by atoms with Crippen molar-refractivity contribution in [2.75, 3.05) is 10.7 Å². The number of phenolic OH excluding ortho intramolecular Hbond substituents is 1. The molecule has 0 saturated heterocycles. The van der Waals surface area contributed by atoms with E-state index in [2.05, 4.69) is 20.8 Å². The first-order valence-corrected chi connectivity index (χ1v) is 8.83. The first kappa shape index (κ1) is 17.9. The van der Waals surface area contributed by atoms with Crippen LogP contribution in [0.25, 0.3) is 11.3 Å². The summed E-state index contributed by atoms with van der Waals surface area (Å²) < 4.78 is 0. The molecule has 0 aliphatic rings. The Kier molecular flexibility index (Phi) is 5.50. The number of hydrogen-bond donors (Lipinski definition) is 3. The molecule has 132 valence electrons. The summed E-state index contributed by atoms with van der Waals surface area (Å²) in [4.78, 5) is 16.0. The first-order valence-electron chi connectivity index (χ1n) is 7.64. The Balaban J connectivity index is 1.83. The number of hydrazone groups is 1. The predicted molar refractivity (Wildman–Crippen MR) is 106 cm³/mol. The largest absolute Gasteiger partial charge is 0.508 e. The molecule has 8 heteroatoms. The molecule has 6 nitrogen and oxygen atoms in total. The molecule has 0 fully saturated rings. The number of carbonyl (C=O) groups is 1. The molecule has 0 bridgehead atoms. The lowest BCUT2D eigenvalue weighted by molar-refractivity contribution is -0.114. The zero-order chi connectivity index (χ0) is 18.5. The van der Waals surface area contributed by atoms with E-state index in [4.69, 9.17) is 11.6 Å². The Morgan fingerprint density at radius 3 is 2.73 bits per heavy atom. The van der Waals surface area contributed by atoms with Crippen molar-refractivity contribution in [2.45, 2.75) is 6.92 Å². The fraction of sp³-hybridized carbons (Fsp3) is 0.0556. The minimum atomic E-state index is -0.182. The summed E-state index contributed by atoms with van der Waals surface area (Å²) in [6.45, 7) is 1.44. The van der Waals surface area contributed by atoms with E-state index >= 15 is 0 Å². The van der Waals surface area contributed by atoms with Crippen LogP contribution in [0.15, 0.2) is 53.6 Å². The van der Waals surface area contributed by atoms with Crippen molar-refractivity contribution in [3.8, 4) is 17.0 Å². The topological polar surface area (TPSA) is 86.6 Å². The molecule has 3 N–H and O–H groups in total. The molecule has 0 spiro atoms. The zero-order valence-corrected chi connectivity index (χ0v) is 15.3. The molecule has 26 heavy (non-hydrogen) atoms. The van der Waals surface area contributed by atoms with Gasteiger partial charge >= 0.3 is 0 Å². The molecule has 1 heterocycles. The Labute approximate surface area is 159 Å². The molecular weight excluding hydrogens is 372 g/mol. The zero-order valence-electron chi connectivity index (χ0n) is 13.7. The van der Waals surface area contributed by atoms with Crippen molar-refractivity contribution in [1.82, 2.24) is 4.98 Å². The lowest BCUT2D eigenvalue weighted by atomic mass is 10.2. The molecule has 3 aromatic rings. The number of nitrogens with zero attached hydrogens (tertiary/aromatic N) is 2. The van der Waals surface area contributed by atoms with Crippen LogP contribution in [0.3, 0.4) is 0 Å². The third-order valence-electron chi connectivity index (χ3n) is 3.28. The van der Waals surface area contributed by atoms with Gasteiger partial charge in [0.25, 0.3) is 0 Å². The molecule has 1 amide bonds. The van der Waals surface area contributed by atoms with Gasteiger partial charge in [-0.25, -0.2) is 4.98 Å². The van der Waals surface area contributed by atoms with Crippen LogP contribution in [0.4, 0.5) is 10.1 Å². The van der Waals surface area contributed by atoms with E-state index in [1.54, 1.807) is 36.5 Å². The third-order valence-corrected chi connectivity index (χ3v) is 4.41. The number of rotatable bonds is 5. The van der Waals surface area contributed by atoms with Gasteiger partial charge in [0, 0.05) is 17.5 Å². The first-order chi connectivity index (χ1) is 12.5. The van der Waals surface area contributed by atoms with Crippen LogP contribution < -0.4 is 10.7 Å². The number of halogens is 1. The second-order valence-corrected chi connectivity index (χ2v) is 6.79. The quantitative estimate of drug-likeness (QED) is 0.442. The van der Waals surface area contributed by atoms with Crippen molar-refractivity contribution >= 4 is 45.2 Å². The minimum absolute atomic E-state index is 0.168. The summed E-state index contributed by atoms with van der Waals surface area (Å²) in [5, 5.41) is 18.1. The maximum atomic E-state index is 11.5. The molecule has 0 aliphatic carbocycles. The number of benzene rings is 2. The molecule has 2 aromatic carbocycles. The molecule has 1 aromatic heterocycles. The highest BCUT2D eigenvalue weighted by Crippen LogP contribution is 2.36. The van der Waals surface area contributed by atoms with E-state index in [-0.39, 0.29) is 11.7 Å². The third kappa shape index (κ3) is 4.59. The number of phenols is 1. The SMILES string of the molecule is CC(=O)Nc1sc(N/N=C\c2cccc(O)c2)nc1-c1ccc(Cl)cc1. The second kappa shape index (κ2) is 7.99. The lowest BCUT2D eigenvalue weighted by Gasteiger charge is -2.02. The van der Waals surface area contributed by atoms with Crippen molar-refractivity contribution in [1.29, 1.82) is 0 Å². The van der Waals surface area contributed by atoms with Crippen molar-refractivity contribution in [3.05, 3.63) is 59.1 Å². The number of carbonyl (C=O) groups excluding carboxylic acids is 1. The minimum Gasteiger partial charge on any atom is -0.508 e. The van der Waals surface area contributed by atoms with Gasteiger partial charge in [-0.15, -0.1) is 0 Å². The van der Waals surface area contributed by atoms with Crippen LogP contribution in [-0.4, -0.2) is 22.2 Å². The monoisotopic (exact) mass is 386 g/mol. The van der Waals surface area contributed by atoms with E-state index in [1.807, 2.05) is 18.2 Å². The number of amides is 1. The van der Waals surface area contributed by atoms with Gasteiger partial charge in [0.1, 0.15) is 16.4 Å². The number of anilines is 2. The molecule has 0 unspecified atom stereocenters. The maximum absolute atomic E-state index is 11.5. The molecule has 3 rings (SSSR count). The van der Waals surface area contributed by atoms with Gasteiger partial charge in [0.2, 0.25) is 11.0 Å². The summed E-state index contributed by atoms with van der Waals surface area (Å²) in [6.07, 6.45) is 1.57. The Morgan fingerprint density at radius 2 is 2.04 bits per heavy atom. The number of hydrogen-bond acceptors (Lipinski definition) is 6. The van der Waals surface area contributed by atoms with Gasteiger partial charge in [0.05, 0.1) is 6.21 Å². The van der Waals surface area contributed by atoms with Crippen LogP contribution in [0.2, 0.25) is 5.02 Å². The van der Waals surface area contributed by atoms with E-state index < -0.39 is 0 Å². The van der Waals surface area contributed by atoms with Gasteiger partial charge in [-0.1, -0.05) is 47.2 Å². The van der Waals surface area contributed by atoms with E-state index in [0.717, 1.165) is 11.1 Å². The Bertz CT molecular complexity index is 954. The lowest BCUT2D eigenvalue weighted by Crippen LogP contribution is -2.05. The van der Waals surface area contributed by atoms with Gasteiger partial charge in [0.15, 0.2) is 0 Å². The normalized spacial score (nSPS) is 10.8. The second-order valence-electron chi connectivity index (χ2n) is 5.35. The standard InChI is InChI=1S/C18H15ClN4O2S/c1-11(24)21-17-16(13-5-7-14(19)8-6-13)22-18(26-17)23-20-10-12-3-2-4-15(25)9-12/h2-10,25H,1H3,(H,21,24)(H,22,23)/b20-10-. The van der Waals surface area contributed by atoms with E-state index in [1.165, 1.54) is 18.3 Å². The smallest absolute Gasteiger partial charge is 0.221 e. The maximum Gasteiger partial charge on any atom is 0.221 e. The van der Waals surface area contributed by atoms with Crippen molar-refractivity contribution in [2.24, 2.45) is 5.10 Å². The number of aromatic hydroxyl groups is 1. The summed E-state index contributed by atoms with van der Waals surface area (Å²) in [7, 11) is 0. The van der Waals surface area contributed by atoms with Crippen molar-refractivity contribution < 1.29 is 9.90 Å². The summed E-state index contributed by atoms with van der Waals surface area (Å²) >= 11 is 7.20. The molecule has 0 saturated carbocycles. The van der Waals surface area contributed by atoms with Crippen LogP contribution >= 0.6 is 22.9 Å². The predicted octanol–water partition coefficient (Wildman–Crippen LogP) is 4.57. The highest BCUT2D eigenvalue weighted by Gasteiger charge is 2.14. The number of nitrogens with one attached hydrogen (secondary N) is 2. The van der Waals surface area contributed by atoms with E-state index in [0.29, 0.717) is 20.8 Å². The fourth-order valence-electron chi connectivity index (χ4n) is 2.18. The Morgan fingerprint density at radius 1 is 1.27 bits per heavy atom. The van der Waals surface area contributed by atoms with Gasteiger partial charge in [-0.2, -0.15) is 5.10 Å². The van der Waals surface area contributed by atoms with E-state index in [9.17, 15) is 9.90 Å². The number of aromatic nitrogens is 1. The average molecular weight is 387 g/mol. The number of thiazole rings is 1. The van der Waals surface area contributed by atoms with Gasteiger partial charge in [-0.3, -0.25) is 10.2 Å². The summed E-state index contributed by atoms with van der Waals surface area (Å²) in [6, 6.07) is 13.9. The van der Waals surface area contributed by atoms with Gasteiger partial charge in [-0.05, 0) is 29.8 Å². The van der Waals surface area contributed by atoms with Crippen molar-refractivity contribution in [3.63, 3.8) is 0 Å². The summed E-state index contributed by atoms with van der Waals surface area (Å²) in [5.74, 6) is -0.0140. The summed E-state index contributed by atoms with van der Waals surface area (Å²) in [5.41, 5.74) is 5.06. The average Bonchev–Trinajstić information content (AvgIpc) is 2.97. The Hall–Kier alpha value is -2.90. The molecule has 0 atom stereocenters. The van der Waals surface area contributed by atoms with Crippen LogP contribution in [-0.2, 0) is 4.79 Å². The molecule has 0 aliphatic heterocycles. The van der Waals surface area contributed by atoms with Crippen LogP contribution in [0.5, 0.6) is 5.75 Å². The highest BCUT2D eigenvalue weighted by atomic mass is 35.5. The molecular formula is C18H15ClN4O2S. The van der Waals surface area contributed by atoms with Crippen LogP contribution in [0, 0.1) is 0 Å². The van der Waals surface area contributed by atoms with Gasteiger partial charge < -0.3 is 10.4 Å². The molecule has 0 radical (unpaired) electrons.